The van der Waals surface area contributed by atoms with Gasteiger partial charge in [-0.2, -0.15) is 0 Å². The quantitative estimate of drug-likeness (QED) is 0.908. The normalized spacial score (nSPS) is 10.2. The highest BCUT2D eigenvalue weighted by molar-refractivity contribution is 6.32. The van der Waals surface area contributed by atoms with Gasteiger partial charge in [-0.15, -0.1) is 0 Å². The van der Waals surface area contributed by atoms with Crippen LogP contribution in [0.2, 0.25) is 5.02 Å². The van der Waals surface area contributed by atoms with Crippen LogP contribution < -0.4 is 5.32 Å². The summed E-state index contributed by atoms with van der Waals surface area (Å²) < 4.78 is 12.9. The predicted molar refractivity (Wildman–Crippen MR) is 65.6 cm³/mol. The van der Waals surface area contributed by atoms with Gasteiger partial charge in [0.1, 0.15) is 23.0 Å². The maximum atomic E-state index is 12.9. The average molecular weight is 252 g/mol. The van der Waals surface area contributed by atoms with E-state index >= 15 is 0 Å². The lowest BCUT2D eigenvalue weighted by molar-refractivity contribution is 0.625. The molecule has 0 aliphatic rings. The molecule has 2 rings (SSSR count). The molecular formula is C12H11ClFN3. The first kappa shape index (κ1) is 11.8. The molecule has 2 aromatic rings. The van der Waals surface area contributed by atoms with Gasteiger partial charge in [0.05, 0.1) is 6.20 Å². The van der Waals surface area contributed by atoms with E-state index in [9.17, 15) is 4.39 Å². The van der Waals surface area contributed by atoms with Crippen molar-refractivity contribution in [2.24, 2.45) is 0 Å². The summed E-state index contributed by atoms with van der Waals surface area (Å²) >= 11 is 5.88. The summed E-state index contributed by atoms with van der Waals surface area (Å²) in [4.78, 5) is 7.79. The minimum atomic E-state index is -0.220. The van der Waals surface area contributed by atoms with E-state index in [0.29, 0.717) is 23.8 Å². The second-order valence-electron chi connectivity index (χ2n) is 3.53. The van der Waals surface area contributed by atoms with Gasteiger partial charge in [0.25, 0.3) is 0 Å². The summed E-state index contributed by atoms with van der Waals surface area (Å²) in [6, 6.07) is 6.52. The molecule has 1 N–H and O–H groups in total. The van der Waals surface area contributed by atoms with Crippen molar-refractivity contribution in [3.05, 3.63) is 53.2 Å². The topological polar surface area (TPSA) is 37.8 Å². The molecule has 88 valence electrons. The summed E-state index contributed by atoms with van der Waals surface area (Å²) in [5.74, 6) is 0.376. The number of hydrogen-bond donors (Lipinski definition) is 1. The Labute approximate surface area is 104 Å². The molecule has 3 nitrogen and oxygen atoms in total. The van der Waals surface area contributed by atoms with E-state index in [1.54, 1.807) is 6.07 Å². The fourth-order valence-corrected chi connectivity index (χ4v) is 1.63. The molecule has 1 aromatic carbocycles. The van der Waals surface area contributed by atoms with Gasteiger partial charge in [-0.3, -0.25) is 0 Å². The fourth-order valence-electron chi connectivity index (χ4n) is 1.46. The standard InChI is InChI=1S/C12H11ClFN3/c13-11-7-15-8-17-12(11)16-5-4-9-2-1-3-10(14)6-9/h1-3,6-8H,4-5H2,(H,15,16,17). The maximum Gasteiger partial charge on any atom is 0.148 e. The van der Waals surface area contributed by atoms with Gasteiger partial charge in [-0.25, -0.2) is 14.4 Å². The molecule has 5 heteroatoms. The highest BCUT2D eigenvalue weighted by atomic mass is 35.5. The molecule has 0 saturated carbocycles. The number of aromatic nitrogens is 2. The van der Waals surface area contributed by atoms with Gasteiger partial charge in [0, 0.05) is 6.54 Å². The summed E-state index contributed by atoms with van der Waals surface area (Å²) in [5.41, 5.74) is 0.933. The SMILES string of the molecule is Fc1cccc(CCNc2ncncc2Cl)c1. The third kappa shape index (κ3) is 3.39. The third-order valence-corrected chi connectivity index (χ3v) is 2.54. The summed E-state index contributed by atoms with van der Waals surface area (Å²) in [5, 5.41) is 3.55. The Hall–Kier alpha value is -1.68. The van der Waals surface area contributed by atoms with Crippen molar-refractivity contribution in [3.63, 3.8) is 0 Å². The van der Waals surface area contributed by atoms with Crippen molar-refractivity contribution in [2.45, 2.75) is 6.42 Å². The van der Waals surface area contributed by atoms with E-state index in [1.807, 2.05) is 6.07 Å². The van der Waals surface area contributed by atoms with Crippen LogP contribution in [0.15, 0.2) is 36.8 Å². The molecule has 0 aliphatic heterocycles. The van der Waals surface area contributed by atoms with Crippen LogP contribution in [0.3, 0.4) is 0 Å². The Kier molecular flexibility index (Phi) is 3.88. The van der Waals surface area contributed by atoms with Crippen molar-refractivity contribution in [3.8, 4) is 0 Å². The Balaban J connectivity index is 1.90. The van der Waals surface area contributed by atoms with E-state index < -0.39 is 0 Å². The number of halogens is 2. The number of nitrogens with one attached hydrogen (secondary N) is 1. The summed E-state index contributed by atoms with van der Waals surface area (Å²) in [6.07, 6.45) is 3.66. The second kappa shape index (κ2) is 5.59. The van der Waals surface area contributed by atoms with Crippen LogP contribution in [0, 0.1) is 5.82 Å². The van der Waals surface area contributed by atoms with Crippen LogP contribution in [0.1, 0.15) is 5.56 Å². The summed E-state index contributed by atoms with van der Waals surface area (Å²) in [7, 11) is 0. The molecule has 0 radical (unpaired) electrons. The zero-order valence-corrected chi connectivity index (χ0v) is 9.78. The maximum absolute atomic E-state index is 12.9. The zero-order valence-electron chi connectivity index (χ0n) is 9.03. The van der Waals surface area contributed by atoms with Crippen molar-refractivity contribution in [1.82, 2.24) is 9.97 Å². The lowest BCUT2D eigenvalue weighted by Crippen LogP contribution is -2.07. The molecule has 0 spiro atoms. The first-order valence-electron chi connectivity index (χ1n) is 5.19. The van der Waals surface area contributed by atoms with E-state index in [0.717, 1.165) is 5.56 Å². The third-order valence-electron chi connectivity index (χ3n) is 2.26. The molecule has 0 saturated heterocycles. The summed E-state index contributed by atoms with van der Waals surface area (Å²) in [6.45, 7) is 0.639. The monoisotopic (exact) mass is 251 g/mol. The van der Waals surface area contributed by atoms with Gasteiger partial charge in [-0.05, 0) is 24.1 Å². The number of hydrogen-bond acceptors (Lipinski definition) is 3. The van der Waals surface area contributed by atoms with Gasteiger partial charge in [0.15, 0.2) is 0 Å². The molecule has 0 amide bonds. The number of rotatable bonds is 4. The van der Waals surface area contributed by atoms with Gasteiger partial charge < -0.3 is 5.32 Å². The van der Waals surface area contributed by atoms with Crippen molar-refractivity contribution in [2.75, 3.05) is 11.9 Å². The van der Waals surface area contributed by atoms with E-state index in [1.165, 1.54) is 24.7 Å². The van der Waals surface area contributed by atoms with Crippen LogP contribution in [0.25, 0.3) is 0 Å². The van der Waals surface area contributed by atoms with Crippen LogP contribution in [-0.2, 0) is 6.42 Å². The minimum Gasteiger partial charge on any atom is -0.368 e. The van der Waals surface area contributed by atoms with Crippen molar-refractivity contribution >= 4 is 17.4 Å². The molecule has 0 bridgehead atoms. The van der Waals surface area contributed by atoms with Crippen LogP contribution in [-0.4, -0.2) is 16.5 Å². The largest absolute Gasteiger partial charge is 0.368 e. The second-order valence-corrected chi connectivity index (χ2v) is 3.93. The van der Waals surface area contributed by atoms with Gasteiger partial charge >= 0.3 is 0 Å². The van der Waals surface area contributed by atoms with E-state index in [4.69, 9.17) is 11.6 Å². The lowest BCUT2D eigenvalue weighted by atomic mass is 10.1. The Morgan fingerprint density at radius 3 is 3.00 bits per heavy atom. The molecule has 0 aliphatic carbocycles. The van der Waals surface area contributed by atoms with Crippen molar-refractivity contribution in [1.29, 1.82) is 0 Å². The molecule has 0 atom stereocenters. The fraction of sp³-hybridized carbons (Fsp3) is 0.167. The Morgan fingerprint density at radius 2 is 2.24 bits per heavy atom. The van der Waals surface area contributed by atoms with Crippen LogP contribution >= 0.6 is 11.6 Å². The highest BCUT2D eigenvalue weighted by Crippen LogP contribution is 2.15. The van der Waals surface area contributed by atoms with E-state index in [-0.39, 0.29) is 5.82 Å². The molecule has 1 heterocycles. The first-order valence-corrected chi connectivity index (χ1v) is 5.57. The first-order chi connectivity index (χ1) is 8.25. The number of anilines is 1. The van der Waals surface area contributed by atoms with Crippen LogP contribution in [0.5, 0.6) is 0 Å². The minimum absolute atomic E-state index is 0.220. The molecule has 0 fully saturated rings. The molecule has 1 aromatic heterocycles. The Bertz CT molecular complexity index is 505. The molecule has 0 unspecified atom stereocenters. The van der Waals surface area contributed by atoms with Crippen molar-refractivity contribution < 1.29 is 4.39 Å². The van der Waals surface area contributed by atoms with Crippen LogP contribution in [0.4, 0.5) is 10.2 Å². The lowest BCUT2D eigenvalue weighted by Gasteiger charge is -2.06. The predicted octanol–water partition coefficient (Wildman–Crippen LogP) is 2.92. The zero-order chi connectivity index (χ0) is 12.1. The molecular weight excluding hydrogens is 241 g/mol. The van der Waals surface area contributed by atoms with Gasteiger partial charge in [0.2, 0.25) is 0 Å². The highest BCUT2D eigenvalue weighted by Gasteiger charge is 2.00. The van der Waals surface area contributed by atoms with E-state index in [2.05, 4.69) is 15.3 Å². The van der Waals surface area contributed by atoms with Gasteiger partial charge in [-0.1, -0.05) is 23.7 Å². The average Bonchev–Trinajstić information content (AvgIpc) is 2.32. The smallest absolute Gasteiger partial charge is 0.148 e. The number of benzene rings is 1. The molecule has 17 heavy (non-hydrogen) atoms. The Morgan fingerprint density at radius 1 is 1.35 bits per heavy atom. The number of nitrogens with zero attached hydrogens (tertiary/aromatic N) is 2.